The summed E-state index contributed by atoms with van der Waals surface area (Å²) in [6, 6.07) is 6.83. The topological polar surface area (TPSA) is 252 Å². The van der Waals surface area contributed by atoms with Crippen LogP contribution in [0.5, 0.6) is 5.75 Å². The molecule has 18 nitrogen and oxygen atoms in total. The number of carboxylic acids is 3. The molecular weight excluding hydrogens is 757 g/mol. The van der Waals surface area contributed by atoms with Crippen LogP contribution >= 0.6 is 34.9 Å². The minimum Gasteiger partial charge on any atom is -0.480 e. The number of hydrogen-bond acceptors (Lipinski definition) is 14. The standard InChI is InChI=1S/C29H26N4O14S4/c1-2-14(10-17-30(8-5-9-51(43,44)45)15-6-3-4-7-16(15)46-17)22-25(41)32(12-19(36)37)28(49-22)23-26(42)31(11-18(34)35)27(50-23)21-24(40)33(13-20(38)39)29(48)47-21/h3-4,6-7,10H,2,5,8-9,11-13H2,1H3,(H,34,35)(H,36,37)(H,38,39)(H,43,44,45)/b17-10?,22-14?,27-21?,28-23+. The molecule has 3 aromatic rings. The van der Waals surface area contributed by atoms with Crippen LogP contribution in [0.1, 0.15) is 19.8 Å². The van der Waals surface area contributed by atoms with Crippen molar-refractivity contribution in [1.82, 2.24) is 14.0 Å². The highest BCUT2D eigenvalue weighted by atomic mass is 32.2. The number of benzene rings is 1. The van der Waals surface area contributed by atoms with E-state index in [1.165, 1.54) is 6.08 Å². The van der Waals surface area contributed by atoms with Crippen LogP contribution in [0.2, 0.25) is 0 Å². The highest BCUT2D eigenvalue weighted by molar-refractivity contribution is 7.85. The molecule has 1 aromatic carbocycles. The number of aromatic nitrogens is 2. The molecule has 0 aliphatic carbocycles. The van der Waals surface area contributed by atoms with Crippen LogP contribution in [-0.4, -0.2) is 90.2 Å². The van der Waals surface area contributed by atoms with Crippen LogP contribution in [0.4, 0.5) is 5.69 Å². The lowest BCUT2D eigenvalue weighted by atomic mass is 10.2. The number of amides is 1. The molecule has 4 N–H and O–H groups in total. The molecule has 0 spiro atoms. The number of aliphatic carboxylic acids is 3. The molecule has 0 bridgehead atoms. The summed E-state index contributed by atoms with van der Waals surface area (Å²) in [5.41, 5.74) is -0.906. The number of para-hydroxylation sites is 2. The van der Waals surface area contributed by atoms with Gasteiger partial charge >= 0.3 is 23.8 Å². The number of hydrogen-bond donors (Lipinski definition) is 4. The lowest BCUT2D eigenvalue weighted by Gasteiger charge is -2.18. The Morgan fingerprint density at radius 3 is 2.12 bits per heavy atom. The Labute approximate surface area is 298 Å². The van der Waals surface area contributed by atoms with Crippen molar-refractivity contribution in [2.75, 3.05) is 23.7 Å². The molecule has 2 aliphatic rings. The third kappa shape index (κ3) is 7.78. The van der Waals surface area contributed by atoms with Crippen LogP contribution in [0, 0.1) is 9.20 Å². The third-order valence-electron chi connectivity index (χ3n) is 7.28. The number of fused-ring (bicyclic) bond motifs is 1. The fourth-order valence-electron chi connectivity index (χ4n) is 5.13. The van der Waals surface area contributed by atoms with E-state index in [0.717, 1.165) is 15.9 Å². The molecule has 5 rings (SSSR count). The number of allylic oxidation sites excluding steroid dienone is 1. The minimum atomic E-state index is -4.26. The van der Waals surface area contributed by atoms with E-state index in [-0.39, 0.29) is 43.7 Å². The predicted molar refractivity (Wildman–Crippen MR) is 183 cm³/mol. The lowest BCUT2D eigenvalue weighted by molar-refractivity contribution is -0.140. The first-order chi connectivity index (χ1) is 24.0. The maximum absolute atomic E-state index is 13.9. The number of nitrogens with zero attached hydrogens (tertiary/aromatic N) is 4. The van der Waals surface area contributed by atoms with Crippen LogP contribution in [-0.2, 0) is 47.1 Å². The molecule has 2 aromatic heterocycles. The Balaban J connectivity index is 1.79. The molecule has 0 radical (unpaired) electrons. The zero-order valence-corrected chi connectivity index (χ0v) is 29.4. The maximum Gasteiger partial charge on any atom is 0.323 e. The molecule has 22 heteroatoms. The van der Waals surface area contributed by atoms with Crippen molar-refractivity contribution >= 4 is 91.0 Å². The van der Waals surface area contributed by atoms with E-state index >= 15 is 0 Å². The van der Waals surface area contributed by atoms with Crippen molar-refractivity contribution in [3.63, 3.8) is 0 Å². The summed E-state index contributed by atoms with van der Waals surface area (Å²) in [6.07, 6.45) is 1.70. The summed E-state index contributed by atoms with van der Waals surface area (Å²) < 4.78 is 43.9. The van der Waals surface area contributed by atoms with Gasteiger partial charge < -0.3 is 29.7 Å². The van der Waals surface area contributed by atoms with E-state index in [9.17, 15) is 57.1 Å². The number of carbonyl (C=O) groups excluding carboxylic acids is 1. The molecule has 0 saturated carbocycles. The first kappa shape index (κ1) is 37.1. The van der Waals surface area contributed by atoms with E-state index in [4.69, 9.17) is 21.7 Å². The fraction of sp³-hybridized carbons (Fsp3) is 0.276. The van der Waals surface area contributed by atoms with Gasteiger partial charge in [-0.05, 0) is 42.8 Å². The molecule has 1 amide bonds. The summed E-state index contributed by atoms with van der Waals surface area (Å²) in [5.74, 6) is -5.97. The maximum atomic E-state index is 13.9. The first-order valence-electron chi connectivity index (χ1n) is 14.6. The van der Waals surface area contributed by atoms with Crippen molar-refractivity contribution in [2.45, 2.75) is 32.9 Å². The Morgan fingerprint density at radius 2 is 1.51 bits per heavy atom. The van der Waals surface area contributed by atoms with Gasteiger partial charge in [-0.15, -0.1) is 22.7 Å². The van der Waals surface area contributed by atoms with Gasteiger partial charge in [0.2, 0.25) is 11.6 Å². The number of ether oxygens (including phenoxy) is 2. The Morgan fingerprint density at radius 1 is 0.882 bits per heavy atom. The van der Waals surface area contributed by atoms with E-state index in [1.807, 2.05) is 0 Å². The van der Waals surface area contributed by atoms with Crippen LogP contribution in [0.3, 0.4) is 0 Å². The number of carboxylic acid groups (broad SMARTS) is 3. The Hall–Kier alpha value is -5.16. The van der Waals surface area contributed by atoms with Gasteiger partial charge in [0, 0.05) is 12.6 Å². The number of rotatable bonds is 12. The lowest BCUT2D eigenvalue weighted by Crippen LogP contribution is -2.35. The zero-order chi connectivity index (χ0) is 37.4. The van der Waals surface area contributed by atoms with Gasteiger partial charge in [0.05, 0.1) is 16.0 Å². The molecule has 1 fully saturated rings. The molecule has 0 atom stereocenters. The highest BCUT2D eigenvalue weighted by Gasteiger charge is 2.37. The van der Waals surface area contributed by atoms with Gasteiger partial charge in [0.25, 0.3) is 26.4 Å². The van der Waals surface area contributed by atoms with Crippen molar-refractivity contribution < 1.29 is 56.9 Å². The SMILES string of the molecule is CCC(C=C1Oc2ccccc2N1CCCS(=O)(=O)O)=c1s/c(=c2/sc(=C3OC(=S)N(CC(=O)O)C3=O)n(CC(=O)O)c2=O)n(CC(=O)O)c1=O. The van der Waals surface area contributed by atoms with Gasteiger partial charge in [-0.1, -0.05) is 19.1 Å². The molecule has 0 unspecified atom stereocenters. The van der Waals surface area contributed by atoms with Gasteiger partial charge in [-0.3, -0.25) is 47.4 Å². The summed E-state index contributed by atoms with van der Waals surface area (Å²) in [7, 11) is -4.26. The second kappa shape index (κ2) is 14.6. The molecule has 4 heterocycles. The Kier molecular flexibility index (Phi) is 10.6. The monoisotopic (exact) mass is 782 g/mol. The molecule has 1 saturated heterocycles. The summed E-state index contributed by atoms with van der Waals surface area (Å²) in [4.78, 5) is 78.0. The van der Waals surface area contributed by atoms with Crippen molar-refractivity contribution in [3.8, 4) is 5.75 Å². The fourth-order valence-corrected chi connectivity index (χ4v) is 8.33. The highest BCUT2D eigenvalue weighted by Crippen LogP contribution is 2.39. The molecular formula is C29H26N4O14S4. The predicted octanol–water partition coefficient (Wildman–Crippen LogP) is -0.495. The minimum absolute atomic E-state index is 0.00696. The summed E-state index contributed by atoms with van der Waals surface area (Å²) >= 11 is 6.23. The van der Waals surface area contributed by atoms with Crippen molar-refractivity contribution in [1.29, 1.82) is 0 Å². The van der Waals surface area contributed by atoms with E-state index in [2.05, 4.69) is 0 Å². The average molecular weight is 783 g/mol. The molecule has 51 heavy (non-hydrogen) atoms. The first-order valence-corrected chi connectivity index (χ1v) is 18.3. The second-order valence-corrected chi connectivity index (χ2v) is 14.7. The van der Waals surface area contributed by atoms with Crippen LogP contribution in [0.25, 0.3) is 11.3 Å². The quantitative estimate of drug-likeness (QED) is 0.134. The van der Waals surface area contributed by atoms with Gasteiger partial charge in [-0.25, -0.2) is 0 Å². The third-order valence-corrected chi connectivity index (χ3v) is 10.9. The van der Waals surface area contributed by atoms with Crippen LogP contribution < -0.4 is 30.0 Å². The van der Waals surface area contributed by atoms with Crippen molar-refractivity contribution in [3.05, 3.63) is 75.3 Å². The van der Waals surface area contributed by atoms with E-state index in [0.29, 0.717) is 37.8 Å². The second-order valence-electron chi connectivity index (χ2n) is 10.7. The molecule has 2 aliphatic heterocycles. The average Bonchev–Trinajstić information content (AvgIpc) is 3.73. The van der Waals surface area contributed by atoms with Crippen LogP contribution in [0.15, 0.2) is 45.8 Å². The van der Waals surface area contributed by atoms with Gasteiger partial charge in [-0.2, -0.15) is 8.42 Å². The summed E-state index contributed by atoms with van der Waals surface area (Å²) in [6.45, 7) is -0.983. The van der Waals surface area contributed by atoms with E-state index in [1.54, 1.807) is 36.1 Å². The number of anilines is 1. The van der Waals surface area contributed by atoms with Crippen molar-refractivity contribution in [2.24, 2.45) is 0 Å². The smallest absolute Gasteiger partial charge is 0.323 e. The summed E-state index contributed by atoms with van der Waals surface area (Å²) in [5, 5.41) is 27.9. The number of thiocarbonyl (C=S) groups is 1. The zero-order valence-electron chi connectivity index (χ0n) is 26.1. The largest absolute Gasteiger partial charge is 0.480 e. The van der Waals surface area contributed by atoms with E-state index < -0.39 is 81.4 Å². The Bertz CT molecular complexity index is 2490. The van der Waals surface area contributed by atoms with Gasteiger partial charge in [0.1, 0.15) is 33.5 Å². The molecule has 270 valence electrons. The number of carbonyl (C=O) groups is 4. The van der Waals surface area contributed by atoms with Gasteiger partial charge in [0.15, 0.2) is 5.75 Å². The normalized spacial score (nSPS) is 17.4. The number of thiazole rings is 2.